The average molecular weight is 427 g/mol. The fourth-order valence-corrected chi connectivity index (χ4v) is 4.26. The summed E-state index contributed by atoms with van der Waals surface area (Å²) < 4.78 is 1.91. The van der Waals surface area contributed by atoms with Crippen molar-refractivity contribution in [1.29, 1.82) is 0 Å². The Balaban J connectivity index is 1.71. The van der Waals surface area contributed by atoms with Crippen molar-refractivity contribution >= 4 is 34.2 Å². The number of rotatable bonds is 5. The van der Waals surface area contributed by atoms with Crippen LogP contribution >= 0.6 is 11.6 Å². The van der Waals surface area contributed by atoms with Crippen LogP contribution in [-0.2, 0) is 4.79 Å². The van der Waals surface area contributed by atoms with Gasteiger partial charge in [0.05, 0.1) is 28.4 Å². The van der Waals surface area contributed by atoms with Gasteiger partial charge in [-0.15, -0.1) is 5.10 Å². The van der Waals surface area contributed by atoms with Crippen molar-refractivity contribution in [3.05, 3.63) is 40.7 Å². The fraction of sp³-hybridized carbons (Fsp3) is 0.455. The predicted molar refractivity (Wildman–Crippen MR) is 119 cm³/mol. The van der Waals surface area contributed by atoms with Gasteiger partial charge in [-0.2, -0.15) is 10.2 Å². The molecule has 0 saturated carbocycles. The zero-order valence-corrected chi connectivity index (χ0v) is 18.4. The van der Waals surface area contributed by atoms with E-state index in [2.05, 4.69) is 27.3 Å². The van der Waals surface area contributed by atoms with Crippen LogP contribution in [0.5, 0.6) is 0 Å². The molecule has 2 aromatic heterocycles. The van der Waals surface area contributed by atoms with E-state index in [1.54, 1.807) is 0 Å². The highest BCUT2D eigenvalue weighted by molar-refractivity contribution is 6.30. The number of anilines is 1. The van der Waals surface area contributed by atoms with Crippen molar-refractivity contribution < 1.29 is 4.79 Å². The predicted octanol–water partition coefficient (Wildman–Crippen LogP) is 3.83. The van der Waals surface area contributed by atoms with E-state index in [0.717, 1.165) is 59.6 Å². The molecule has 8 heteroatoms. The minimum absolute atomic E-state index is 0.0390. The Kier molecular flexibility index (Phi) is 5.90. The Labute approximate surface area is 181 Å². The van der Waals surface area contributed by atoms with Crippen molar-refractivity contribution in [2.24, 2.45) is 5.92 Å². The highest BCUT2D eigenvalue weighted by Gasteiger charge is 2.29. The number of fused-ring (bicyclic) bond motifs is 1. The number of carbonyl (C=O) groups is 1. The molecule has 1 aliphatic heterocycles. The van der Waals surface area contributed by atoms with Gasteiger partial charge in [-0.3, -0.25) is 4.79 Å². The van der Waals surface area contributed by atoms with Gasteiger partial charge in [-0.05, 0) is 57.4 Å². The molecule has 30 heavy (non-hydrogen) atoms. The maximum absolute atomic E-state index is 12.5. The molecule has 0 aliphatic carbocycles. The van der Waals surface area contributed by atoms with E-state index in [0.29, 0.717) is 18.1 Å². The molecule has 1 saturated heterocycles. The Morgan fingerprint density at radius 2 is 2.00 bits per heavy atom. The zero-order chi connectivity index (χ0) is 21.3. The number of nitrogens with one attached hydrogen (secondary N) is 1. The van der Waals surface area contributed by atoms with Gasteiger partial charge in [0.2, 0.25) is 5.91 Å². The zero-order valence-electron chi connectivity index (χ0n) is 17.7. The number of aryl methyl sites for hydroxylation is 2. The van der Waals surface area contributed by atoms with Crippen molar-refractivity contribution in [3.63, 3.8) is 0 Å². The van der Waals surface area contributed by atoms with Gasteiger partial charge < -0.3 is 10.2 Å². The number of piperidine rings is 1. The third-order valence-corrected chi connectivity index (χ3v) is 5.95. The van der Waals surface area contributed by atoms with Gasteiger partial charge in [0.25, 0.3) is 0 Å². The van der Waals surface area contributed by atoms with Crippen LogP contribution in [-0.4, -0.2) is 45.5 Å². The van der Waals surface area contributed by atoms with Crippen LogP contribution in [0.1, 0.15) is 37.6 Å². The minimum atomic E-state index is -0.0390. The molecule has 0 unspecified atom stereocenters. The number of halogens is 1. The largest absolute Gasteiger partial charge is 0.356 e. The average Bonchev–Trinajstić information content (AvgIpc) is 3.11. The van der Waals surface area contributed by atoms with Crippen molar-refractivity contribution in [2.45, 2.75) is 40.0 Å². The van der Waals surface area contributed by atoms with Gasteiger partial charge in [-0.1, -0.05) is 18.5 Å². The molecular weight excluding hydrogens is 400 g/mol. The molecule has 1 atom stereocenters. The molecule has 7 nitrogen and oxygen atoms in total. The van der Waals surface area contributed by atoms with Crippen molar-refractivity contribution in [1.82, 2.24) is 25.3 Å². The Hall–Kier alpha value is -2.67. The summed E-state index contributed by atoms with van der Waals surface area (Å²) in [5.74, 6) is 0.836. The number of carbonyl (C=O) groups excluding carboxylic acids is 1. The lowest BCUT2D eigenvalue weighted by Crippen LogP contribution is -2.43. The molecule has 0 radical (unpaired) electrons. The summed E-state index contributed by atoms with van der Waals surface area (Å²) in [4.78, 5) is 14.7. The first kappa shape index (κ1) is 20.6. The second-order valence-electron chi connectivity index (χ2n) is 7.88. The second-order valence-corrected chi connectivity index (χ2v) is 8.32. The van der Waals surface area contributed by atoms with Gasteiger partial charge in [0, 0.05) is 24.7 Å². The molecule has 1 aromatic carbocycles. The van der Waals surface area contributed by atoms with Gasteiger partial charge in [-0.25, -0.2) is 4.68 Å². The van der Waals surface area contributed by atoms with Crippen LogP contribution in [0.2, 0.25) is 5.02 Å². The first-order valence-electron chi connectivity index (χ1n) is 10.5. The molecule has 3 heterocycles. The summed E-state index contributed by atoms with van der Waals surface area (Å²) in [6, 6.07) is 7.62. The first-order chi connectivity index (χ1) is 14.5. The molecule has 0 spiro atoms. The van der Waals surface area contributed by atoms with Gasteiger partial charge in [0.15, 0.2) is 5.82 Å². The molecule has 3 aromatic rings. The van der Waals surface area contributed by atoms with E-state index in [1.165, 1.54) is 0 Å². The third kappa shape index (κ3) is 3.86. The van der Waals surface area contributed by atoms with Crippen molar-refractivity contribution in [2.75, 3.05) is 24.5 Å². The normalized spacial score (nSPS) is 16.8. The lowest BCUT2D eigenvalue weighted by atomic mass is 9.97. The van der Waals surface area contributed by atoms with Crippen LogP contribution in [0.3, 0.4) is 0 Å². The monoisotopic (exact) mass is 426 g/mol. The summed E-state index contributed by atoms with van der Waals surface area (Å²) in [6.07, 6.45) is 2.78. The lowest BCUT2D eigenvalue weighted by Gasteiger charge is -2.32. The van der Waals surface area contributed by atoms with Crippen LogP contribution in [0.25, 0.3) is 16.6 Å². The SMILES string of the molecule is CCCNC(=O)[C@H]1CCCN(c2nnc(C)c3c(C)n(-c4ccc(Cl)cc4)nc23)C1. The maximum Gasteiger partial charge on any atom is 0.224 e. The summed E-state index contributed by atoms with van der Waals surface area (Å²) in [5.41, 5.74) is 3.62. The minimum Gasteiger partial charge on any atom is -0.356 e. The molecular formula is C22H27ClN6O. The van der Waals surface area contributed by atoms with E-state index in [4.69, 9.17) is 16.7 Å². The second kappa shape index (κ2) is 8.60. The first-order valence-corrected chi connectivity index (χ1v) is 10.9. The molecule has 1 N–H and O–H groups in total. The summed E-state index contributed by atoms with van der Waals surface area (Å²) >= 11 is 6.05. The lowest BCUT2D eigenvalue weighted by molar-refractivity contribution is -0.125. The summed E-state index contributed by atoms with van der Waals surface area (Å²) in [6.45, 7) is 8.25. The van der Waals surface area contributed by atoms with E-state index >= 15 is 0 Å². The molecule has 4 rings (SSSR count). The van der Waals surface area contributed by atoms with Crippen LogP contribution < -0.4 is 10.2 Å². The summed E-state index contributed by atoms with van der Waals surface area (Å²) in [5, 5.41) is 18.5. The quantitative estimate of drug-likeness (QED) is 0.671. The maximum atomic E-state index is 12.5. The Morgan fingerprint density at radius 3 is 2.73 bits per heavy atom. The van der Waals surface area contributed by atoms with Gasteiger partial charge >= 0.3 is 0 Å². The molecule has 0 bridgehead atoms. The van der Waals surface area contributed by atoms with Crippen LogP contribution in [0, 0.1) is 19.8 Å². The fourth-order valence-electron chi connectivity index (χ4n) is 4.13. The standard InChI is InChI=1S/C22H27ClN6O/c1-4-11-24-22(30)16-6-5-12-28(13-16)21-20-19(14(2)25-26-21)15(3)29(27-20)18-9-7-17(23)8-10-18/h7-10,16H,4-6,11-13H2,1-3H3,(H,24,30)/t16-/m0/s1. The Bertz CT molecular complexity index is 1060. The molecule has 158 valence electrons. The highest BCUT2D eigenvalue weighted by Crippen LogP contribution is 2.31. The van der Waals surface area contributed by atoms with E-state index in [-0.39, 0.29) is 11.8 Å². The number of benzene rings is 1. The summed E-state index contributed by atoms with van der Waals surface area (Å²) in [7, 11) is 0. The number of amides is 1. The van der Waals surface area contributed by atoms with E-state index < -0.39 is 0 Å². The third-order valence-electron chi connectivity index (χ3n) is 5.70. The molecule has 1 aliphatic rings. The smallest absolute Gasteiger partial charge is 0.224 e. The number of hydrogen-bond acceptors (Lipinski definition) is 5. The number of hydrogen-bond donors (Lipinski definition) is 1. The highest BCUT2D eigenvalue weighted by atomic mass is 35.5. The van der Waals surface area contributed by atoms with E-state index in [1.807, 2.05) is 42.8 Å². The van der Waals surface area contributed by atoms with Crippen molar-refractivity contribution in [3.8, 4) is 5.69 Å². The Morgan fingerprint density at radius 1 is 1.23 bits per heavy atom. The van der Waals surface area contributed by atoms with Crippen LogP contribution in [0.4, 0.5) is 5.82 Å². The number of nitrogens with zero attached hydrogens (tertiary/aromatic N) is 5. The molecule has 1 amide bonds. The molecule has 1 fully saturated rings. The van der Waals surface area contributed by atoms with Crippen LogP contribution in [0.15, 0.2) is 24.3 Å². The van der Waals surface area contributed by atoms with E-state index in [9.17, 15) is 4.79 Å². The topological polar surface area (TPSA) is 75.9 Å². The van der Waals surface area contributed by atoms with Gasteiger partial charge in [0.1, 0.15) is 5.52 Å². The number of aromatic nitrogens is 4.